The Morgan fingerprint density at radius 2 is 1.89 bits per heavy atom. The Labute approximate surface area is 108 Å². The van der Waals surface area contributed by atoms with Crippen LogP contribution in [-0.4, -0.2) is 13.1 Å². The Bertz CT molecular complexity index is 391. The largest absolute Gasteiger partial charge is 0.316 e. The fourth-order valence-corrected chi connectivity index (χ4v) is 1.76. The molecular formula is C15H21F2N. The van der Waals surface area contributed by atoms with Crippen molar-refractivity contribution in [2.75, 3.05) is 13.1 Å². The predicted octanol–water partition coefficient (Wildman–Crippen LogP) is 4.00. The highest BCUT2D eigenvalue weighted by Gasteiger charge is 2.09. The van der Waals surface area contributed by atoms with Crippen molar-refractivity contribution < 1.29 is 8.78 Å². The van der Waals surface area contributed by atoms with Gasteiger partial charge < -0.3 is 5.32 Å². The van der Waals surface area contributed by atoms with E-state index in [2.05, 4.69) is 19.2 Å². The van der Waals surface area contributed by atoms with Gasteiger partial charge in [0.05, 0.1) is 0 Å². The predicted molar refractivity (Wildman–Crippen MR) is 72.3 cm³/mol. The zero-order valence-electron chi connectivity index (χ0n) is 11.3. The zero-order valence-corrected chi connectivity index (χ0v) is 11.3. The summed E-state index contributed by atoms with van der Waals surface area (Å²) in [5, 5.41) is 3.29. The Balaban J connectivity index is 2.56. The van der Waals surface area contributed by atoms with Gasteiger partial charge in [-0.3, -0.25) is 0 Å². The molecule has 0 saturated heterocycles. The molecule has 1 N–H and O–H groups in total. The Morgan fingerprint density at radius 1 is 1.28 bits per heavy atom. The molecule has 0 unspecified atom stereocenters. The minimum absolute atomic E-state index is 0.0846. The first-order valence-electron chi connectivity index (χ1n) is 6.34. The number of nitrogens with one attached hydrogen (secondary N) is 1. The van der Waals surface area contributed by atoms with Gasteiger partial charge in [0.1, 0.15) is 11.6 Å². The van der Waals surface area contributed by atoms with Crippen LogP contribution in [-0.2, 0) is 0 Å². The van der Waals surface area contributed by atoms with Gasteiger partial charge >= 0.3 is 0 Å². The lowest BCUT2D eigenvalue weighted by atomic mass is 10.1. The van der Waals surface area contributed by atoms with Gasteiger partial charge in [0.25, 0.3) is 0 Å². The third-order valence-corrected chi connectivity index (χ3v) is 2.68. The molecule has 0 fully saturated rings. The average Bonchev–Trinajstić information content (AvgIpc) is 2.27. The number of hydrogen-bond donors (Lipinski definition) is 1. The van der Waals surface area contributed by atoms with E-state index >= 15 is 0 Å². The van der Waals surface area contributed by atoms with E-state index in [1.165, 1.54) is 18.2 Å². The van der Waals surface area contributed by atoms with E-state index < -0.39 is 11.6 Å². The molecule has 100 valence electrons. The van der Waals surface area contributed by atoms with E-state index in [0.717, 1.165) is 19.5 Å². The highest BCUT2D eigenvalue weighted by molar-refractivity contribution is 5.64. The van der Waals surface area contributed by atoms with Gasteiger partial charge in [0, 0.05) is 5.56 Å². The van der Waals surface area contributed by atoms with Crippen LogP contribution in [0.2, 0.25) is 0 Å². The SMILES string of the molecule is CC(=CCCNCC(C)C)c1c(F)cccc1F. The number of allylic oxidation sites excluding steroid dienone is 1. The van der Waals surface area contributed by atoms with E-state index in [1.54, 1.807) is 6.92 Å². The van der Waals surface area contributed by atoms with Gasteiger partial charge in [0.2, 0.25) is 0 Å². The summed E-state index contributed by atoms with van der Waals surface area (Å²) < 4.78 is 27.0. The van der Waals surface area contributed by atoms with Crippen molar-refractivity contribution in [3.8, 4) is 0 Å². The lowest BCUT2D eigenvalue weighted by Crippen LogP contribution is -2.20. The molecule has 0 saturated carbocycles. The van der Waals surface area contributed by atoms with Crippen molar-refractivity contribution in [1.29, 1.82) is 0 Å². The van der Waals surface area contributed by atoms with Crippen LogP contribution in [0.1, 0.15) is 32.8 Å². The lowest BCUT2D eigenvalue weighted by Gasteiger charge is -2.07. The zero-order chi connectivity index (χ0) is 13.5. The first kappa shape index (κ1) is 14.8. The summed E-state index contributed by atoms with van der Waals surface area (Å²) in [6.07, 6.45) is 2.64. The summed E-state index contributed by atoms with van der Waals surface area (Å²) in [5.74, 6) is -0.392. The fraction of sp³-hybridized carbons (Fsp3) is 0.467. The third-order valence-electron chi connectivity index (χ3n) is 2.68. The molecule has 1 aromatic carbocycles. The van der Waals surface area contributed by atoms with E-state index in [4.69, 9.17) is 0 Å². The summed E-state index contributed by atoms with van der Waals surface area (Å²) >= 11 is 0. The van der Waals surface area contributed by atoms with Crippen LogP contribution in [0.5, 0.6) is 0 Å². The molecule has 0 bridgehead atoms. The van der Waals surface area contributed by atoms with Gasteiger partial charge in [-0.2, -0.15) is 0 Å². The van der Waals surface area contributed by atoms with Gasteiger partial charge in [-0.25, -0.2) is 8.78 Å². The highest BCUT2D eigenvalue weighted by atomic mass is 19.1. The highest BCUT2D eigenvalue weighted by Crippen LogP contribution is 2.21. The summed E-state index contributed by atoms with van der Waals surface area (Å²) in [6, 6.07) is 3.95. The van der Waals surface area contributed by atoms with Crippen molar-refractivity contribution in [1.82, 2.24) is 5.32 Å². The number of hydrogen-bond acceptors (Lipinski definition) is 1. The second kappa shape index (κ2) is 7.27. The van der Waals surface area contributed by atoms with E-state index in [-0.39, 0.29) is 5.56 Å². The standard InChI is InChI=1S/C15H21F2N/c1-11(2)10-18-9-5-6-12(3)15-13(16)7-4-8-14(15)17/h4,6-8,11,18H,5,9-10H2,1-3H3. The molecule has 3 heteroatoms. The van der Waals surface area contributed by atoms with E-state index in [1.807, 2.05) is 6.08 Å². The Hall–Kier alpha value is -1.22. The molecule has 0 aliphatic heterocycles. The molecule has 18 heavy (non-hydrogen) atoms. The second-order valence-electron chi connectivity index (χ2n) is 4.87. The molecule has 0 spiro atoms. The molecule has 0 heterocycles. The maximum absolute atomic E-state index is 13.5. The minimum atomic E-state index is -0.501. The van der Waals surface area contributed by atoms with Crippen molar-refractivity contribution in [2.45, 2.75) is 27.2 Å². The molecule has 0 aromatic heterocycles. The lowest BCUT2D eigenvalue weighted by molar-refractivity contribution is 0.556. The minimum Gasteiger partial charge on any atom is -0.316 e. The van der Waals surface area contributed by atoms with Gasteiger partial charge in [0.15, 0.2) is 0 Å². The van der Waals surface area contributed by atoms with E-state index in [9.17, 15) is 8.78 Å². The van der Waals surface area contributed by atoms with Crippen molar-refractivity contribution in [2.24, 2.45) is 5.92 Å². The van der Waals surface area contributed by atoms with Crippen LogP contribution < -0.4 is 5.32 Å². The van der Waals surface area contributed by atoms with Crippen molar-refractivity contribution in [3.05, 3.63) is 41.5 Å². The van der Waals surface area contributed by atoms with Crippen LogP contribution in [0.3, 0.4) is 0 Å². The summed E-state index contributed by atoms with van der Waals surface area (Å²) in [6.45, 7) is 7.81. The third kappa shape index (κ3) is 4.57. The topological polar surface area (TPSA) is 12.0 Å². The molecule has 0 atom stereocenters. The quantitative estimate of drug-likeness (QED) is 0.755. The molecule has 0 radical (unpaired) electrons. The fourth-order valence-electron chi connectivity index (χ4n) is 1.76. The van der Waals surface area contributed by atoms with Gasteiger partial charge in [-0.15, -0.1) is 0 Å². The average molecular weight is 253 g/mol. The van der Waals surface area contributed by atoms with Crippen molar-refractivity contribution in [3.63, 3.8) is 0 Å². The van der Waals surface area contributed by atoms with Crippen LogP contribution in [0.4, 0.5) is 8.78 Å². The van der Waals surface area contributed by atoms with Crippen LogP contribution >= 0.6 is 0 Å². The van der Waals surface area contributed by atoms with Crippen LogP contribution in [0.25, 0.3) is 5.57 Å². The maximum Gasteiger partial charge on any atom is 0.133 e. The van der Waals surface area contributed by atoms with Gasteiger partial charge in [-0.1, -0.05) is 26.0 Å². The first-order chi connectivity index (χ1) is 8.52. The second-order valence-corrected chi connectivity index (χ2v) is 4.87. The number of benzene rings is 1. The monoisotopic (exact) mass is 253 g/mol. The first-order valence-corrected chi connectivity index (χ1v) is 6.34. The molecular weight excluding hydrogens is 232 g/mol. The van der Waals surface area contributed by atoms with Crippen LogP contribution in [0.15, 0.2) is 24.3 Å². The number of rotatable bonds is 6. The molecule has 1 nitrogen and oxygen atoms in total. The van der Waals surface area contributed by atoms with Crippen molar-refractivity contribution >= 4 is 5.57 Å². The Kier molecular flexibility index (Phi) is 5.99. The Morgan fingerprint density at radius 3 is 2.44 bits per heavy atom. The normalized spacial score (nSPS) is 12.2. The van der Waals surface area contributed by atoms with E-state index in [0.29, 0.717) is 11.5 Å². The molecule has 0 aliphatic carbocycles. The molecule has 1 aromatic rings. The van der Waals surface area contributed by atoms with Crippen LogP contribution in [0, 0.1) is 17.6 Å². The molecule has 1 rings (SSSR count). The summed E-state index contributed by atoms with van der Waals surface area (Å²) in [4.78, 5) is 0. The molecule has 0 aliphatic rings. The van der Waals surface area contributed by atoms with Gasteiger partial charge in [-0.05, 0) is 50.1 Å². The number of halogens is 2. The summed E-state index contributed by atoms with van der Waals surface area (Å²) in [7, 11) is 0. The smallest absolute Gasteiger partial charge is 0.133 e. The summed E-state index contributed by atoms with van der Waals surface area (Å²) in [5.41, 5.74) is 0.735. The maximum atomic E-state index is 13.5. The molecule has 0 amide bonds.